The zero-order valence-electron chi connectivity index (χ0n) is 17.8. The number of hydrogen-bond donors (Lipinski definition) is 1. The predicted octanol–water partition coefficient (Wildman–Crippen LogP) is 4.83. The first-order valence-electron chi connectivity index (χ1n) is 10.4. The standard InChI is InChI=1S/C26H27N3O/c1-4-29-15-20(13-19-11-7-5-9-17(19)2)25-23(16-29)24(22(14-27)26(28)30-25)21-12-8-6-10-18(21)3/h5-12,15,24H,4,13,16,28H2,1-3H3/t24-/m1/s1. The topological polar surface area (TPSA) is 62.3 Å². The number of nitrogens with zero attached hydrogens (tertiary/aromatic N) is 2. The van der Waals surface area contributed by atoms with Crippen molar-refractivity contribution in [1.82, 2.24) is 4.90 Å². The molecule has 4 nitrogen and oxygen atoms in total. The Morgan fingerprint density at radius 2 is 1.80 bits per heavy atom. The van der Waals surface area contributed by atoms with Crippen LogP contribution in [0.25, 0.3) is 0 Å². The second kappa shape index (κ2) is 8.12. The minimum absolute atomic E-state index is 0.186. The Labute approximate surface area is 178 Å². The lowest BCUT2D eigenvalue weighted by Gasteiger charge is -2.37. The molecule has 4 rings (SSSR count). The minimum atomic E-state index is -0.186. The van der Waals surface area contributed by atoms with E-state index in [2.05, 4.69) is 74.3 Å². The lowest BCUT2D eigenvalue weighted by atomic mass is 9.78. The molecule has 0 bridgehead atoms. The van der Waals surface area contributed by atoms with E-state index < -0.39 is 0 Å². The summed E-state index contributed by atoms with van der Waals surface area (Å²) in [7, 11) is 0. The molecule has 0 unspecified atom stereocenters. The molecule has 2 aromatic rings. The van der Waals surface area contributed by atoms with Gasteiger partial charge in [-0.3, -0.25) is 0 Å². The molecule has 0 saturated carbocycles. The normalized spacial score (nSPS) is 18.5. The van der Waals surface area contributed by atoms with Crippen LogP contribution in [-0.2, 0) is 11.2 Å². The van der Waals surface area contributed by atoms with E-state index in [1.807, 2.05) is 12.1 Å². The van der Waals surface area contributed by atoms with Crippen molar-refractivity contribution < 1.29 is 4.74 Å². The van der Waals surface area contributed by atoms with E-state index >= 15 is 0 Å². The third kappa shape index (κ3) is 3.48. The van der Waals surface area contributed by atoms with Gasteiger partial charge in [-0.1, -0.05) is 48.5 Å². The van der Waals surface area contributed by atoms with Crippen LogP contribution in [0.1, 0.15) is 35.1 Å². The number of nitriles is 1. The van der Waals surface area contributed by atoms with Gasteiger partial charge in [0.25, 0.3) is 0 Å². The number of allylic oxidation sites excluding steroid dienone is 2. The highest BCUT2D eigenvalue weighted by molar-refractivity contribution is 5.56. The van der Waals surface area contributed by atoms with Gasteiger partial charge in [0, 0.05) is 36.9 Å². The molecule has 0 spiro atoms. The molecule has 4 heteroatoms. The van der Waals surface area contributed by atoms with Gasteiger partial charge in [0.2, 0.25) is 5.88 Å². The molecule has 0 radical (unpaired) electrons. The molecule has 2 aliphatic heterocycles. The lowest BCUT2D eigenvalue weighted by molar-refractivity contribution is 0.265. The summed E-state index contributed by atoms with van der Waals surface area (Å²) < 4.78 is 6.12. The van der Waals surface area contributed by atoms with E-state index in [4.69, 9.17) is 10.5 Å². The van der Waals surface area contributed by atoms with Gasteiger partial charge in [-0.2, -0.15) is 5.26 Å². The van der Waals surface area contributed by atoms with Crippen LogP contribution < -0.4 is 5.73 Å². The third-order valence-corrected chi connectivity index (χ3v) is 6.08. The van der Waals surface area contributed by atoms with Crippen molar-refractivity contribution in [3.8, 4) is 6.07 Å². The molecule has 2 aliphatic rings. The van der Waals surface area contributed by atoms with Gasteiger partial charge in [0.1, 0.15) is 17.4 Å². The Bertz CT molecular complexity index is 1120. The van der Waals surface area contributed by atoms with E-state index in [9.17, 15) is 5.26 Å². The van der Waals surface area contributed by atoms with Crippen molar-refractivity contribution in [3.63, 3.8) is 0 Å². The maximum absolute atomic E-state index is 9.92. The number of likely N-dealkylation sites (N-methyl/N-ethyl adjacent to an activating group) is 1. The van der Waals surface area contributed by atoms with Crippen LogP contribution in [0.5, 0.6) is 0 Å². The van der Waals surface area contributed by atoms with E-state index in [1.54, 1.807) is 0 Å². The average Bonchev–Trinajstić information content (AvgIpc) is 2.75. The summed E-state index contributed by atoms with van der Waals surface area (Å²) in [5, 5.41) is 9.92. The summed E-state index contributed by atoms with van der Waals surface area (Å²) in [5.74, 6) is 0.854. The zero-order valence-corrected chi connectivity index (χ0v) is 17.8. The molecule has 2 N–H and O–H groups in total. The SMILES string of the molecule is CCN1C=C(Cc2ccccc2C)C2=C(C1)[C@H](c1ccccc1C)C(C#N)=C(N)O2. The Morgan fingerprint density at radius 1 is 1.10 bits per heavy atom. The summed E-state index contributed by atoms with van der Waals surface area (Å²) in [6, 6.07) is 19.0. The van der Waals surface area contributed by atoms with Crippen LogP contribution in [0.2, 0.25) is 0 Å². The Balaban J connectivity index is 1.85. The van der Waals surface area contributed by atoms with Gasteiger partial charge in [0.15, 0.2) is 0 Å². The number of hydrogen-bond acceptors (Lipinski definition) is 4. The Kier molecular flexibility index (Phi) is 5.37. The highest BCUT2D eigenvalue weighted by atomic mass is 16.5. The van der Waals surface area contributed by atoms with Gasteiger partial charge in [0.05, 0.1) is 5.92 Å². The first kappa shape index (κ1) is 19.8. The first-order chi connectivity index (χ1) is 14.5. The fourth-order valence-electron chi connectivity index (χ4n) is 4.37. The van der Waals surface area contributed by atoms with E-state index in [1.165, 1.54) is 11.1 Å². The summed E-state index contributed by atoms with van der Waals surface area (Å²) in [4.78, 5) is 2.29. The number of aryl methyl sites for hydroxylation is 2. The Morgan fingerprint density at radius 3 is 2.47 bits per heavy atom. The summed E-state index contributed by atoms with van der Waals surface area (Å²) in [6.07, 6.45) is 2.95. The van der Waals surface area contributed by atoms with E-state index in [-0.39, 0.29) is 11.8 Å². The van der Waals surface area contributed by atoms with Crippen LogP contribution in [0.15, 0.2) is 83.1 Å². The summed E-state index contributed by atoms with van der Waals surface area (Å²) in [6.45, 7) is 7.97. The predicted molar refractivity (Wildman–Crippen MR) is 119 cm³/mol. The van der Waals surface area contributed by atoms with Crippen molar-refractivity contribution in [3.05, 3.63) is 105 Å². The monoisotopic (exact) mass is 397 g/mol. The van der Waals surface area contributed by atoms with Crippen LogP contribution in [0, 0.1) is 25.2 Å². The molecule has 152 valence electrons. The number of benzene rings is 2. The fraction of sp³-hybridized carbons (Fsp3) is 0.269. The number of rotatable bonds is 4. The highest BCUT2D eigenvalue weighted by Gasteiger charge is 2.37. The second-order valence-electron chi connectivity index (χ2n) is 7.96. The van der Waals surface area contributed by atoms with Crippen molar-refractivity contribution in [1.29, 1.82) is 5.26 Å². The average molecular weight is 398 g/mol. The maximum Gasteiger partial charge on any atom is 0.205 e. The lowest BCUT2D eigenvalue weighted by Crippen LogP contribution is -2.33. The van der Waals surface area contributed by atoms with Crippen molar-refractivity contribution in [2.45, 2.75) is 33.1 Å². The molecule has 0 saturated heterocycles. The van der Waals surface area contributed by atoms with Crippen LogP contribution >= 0.6 is 0 Å². The molecule has 1 atom stereocenters. The van der Waals surface area contributed by atoms with Crippen LogP contribution in [0.3, 0.4) is 0 Å². The van der Waals surface area contributed by atoms with Crippen molar-refractivity contribution in [2.24, 2.45) is 5.73 Å². The molecular weight excluding hydrogens is 370 g/mol. The van der Waals surface area contributed by atoms with Crippen LogP contribution in [-0.4, -0.2) is 18.0 Å². The van der Waals surface area contributed by atoms with E-state index in [0.717, 1.165) is 47.5 Å². The molecule has 0 amide bonds. The van der Waals surface area contributed by atoms with Gasteiger partial charge < -0.3 is 15.4 Å². The van der Waals surface area contributed by atoms with Gasteiger partial charge in [-0.05, 0) is 43.0 Å². The molecular formula is C26H27N3O. The third-order valence-electron chi connectivity index (χ3n) is 6.08. The largest absolute Gasteiger partial charge is 0.440 e. The van der Waals surface area contributed by atoms with Crippen molar-refractivity contribution >= 4 is 0 Å². The van der Waals surface area contributed by atoms with Crippen LogP contribution in [0.4, 0.5) is 0 Å². The van der Waals surface area contributed by atoms with Gasteiger partial charge in [-0.15, -0.1) is 0 Å². The number of nitrogens with two attached hydrogens (primary N) is 1. The first-order valence-corrected chi connectivity index (χ1v) is 10.4. The second-order valence-corrected chi connectivity index (χ2v) is 7.96. The van der Waals surface area contributed by atoms with Gasteiger partial charge in [-0.25, -0.2) is 0 Å². The molecule has 0 aliphatic carbocycles. The summed E-state index contributed by atoms with van der Waals surface area (Å²) >= 11 is 0. The molecule has 2 heterocycles. The van der Waals surface area contributed by atoms with Gasteiger partial charge >= 0.3 is 0 Å². The highest BCUT2D eigenvalue weighted by Crippen LogP contribution is 2.44. The maximum atomic E-state index is 9.92. The molecule has 2 aromatic carbocycles. The summed E-state index contributed by atoms with van der Waals surface area (Å²) in [5.41, 5.74) is 13.8. The minimum Gasteiger partial charge on any atom is -0.440 e. The zero-order chi connectivity index (χ0) is 21.3. The molecule has 30 heavy (non-hydrogen) atoms. The Hall–Kier alpha value is -3.45. The molecule has 0 aromatic heterocycles. The number of ether oxygens (including phenoxy) is 1. The molecule has 0 fully saturated rings. The van der Waals surface area contributed by atoms with E-state index in [0.29, 0.717) is 5.57 Å². The fourth-order valence-corrected chi connectivity index (χ4v) is 4.37. The smallest absolute Gasteiger partial charge is 0.205 e. The van der Waals surface area contributed by atoms with Crippen molar-refractivity contribution in [2.75, 3.05) is 13.1 Å². The quantitative estimate of drug-likeness (QED) is 0.803.